The van der Waals surface area contributed by atoms with Crippen molar-refractivity contribution in [3.63, 3.8) is 0 Å². The van der Waals surface area contributed by atoms with E-state index in [1.165, 1.54) is 16.9 Å². The zero-order chi connectivity index (χ0) is 19.3. The van der Waals surface area contributed by atoms with Crippen LogP contribution in [0.4, 0.5) is 0 Å². The number of thiophene rings is 1. The Labute approximate surface area is 173 Å². The number of carbonyl (C=O) groups is 1. The number of rotatable bonds is 6. The van der Waals surface area contributed by atoms with Crippen LogP contribution in [0.1, 0.15) is 28.1 Å². The van der Waals surface area contributed by atoms with Gasteiger partial charge >= 0.3 is 0 Å². The summed E-state index contributed by atoms with van der Waals surface area (Å²) in [4.78, 5) is 15.4. The van der Waals surface area contributed by atoms with E-state index in [0.717, 1.165) is 49.6 Å². The molecule has 1 amide bonds. The number of likely N-dealkylation sites (tertiary alicyclic amines) is 1. The van der Waals surface area contributed by atoms with Gasteiger partial charge in [0.1, 0.15) is 0 Å². The van der Waals surface area contributed by atoms with Crippen LogP contribution in [0.5, 0.6) is 0 Å². The van der Waals surface area contributed by atoms with Crippen LogP contribution in [0, 0.1) is 5.92 Å². The first-order chi connectivity index (χ1) is 13.7. The average molecular weight is 415 g/mol. The van der Waals surface area contributed by atoms with Crippen molar-refractivity contribution in [1.29, 1.82) is 0 Å². The number of halogens is 1. The van der Waals surface area contributed by atoms with Crippen LogP contribution < -0.4 is 5.32 Å². The first-order valence-electron chi connectivity index (χ1n) is 9.51. The van der Waals surface area contributed by atoms with E-state index in [0.29, 0.717) is 10.9 Å². The van der Waals surface area contributed by atoms with E-state index in [-0.39, 0.29) is 5.91 Å². The molecule has 2 aromatic heterocycles. The number of amides is 1. The molecule has 1 aromatic carbocycles. The molecule has 1 N–H and O–H groups in total. The lowest BCUT2D eigenvalue weighted by atomic mass is 9.97. The van der Waals surface area contributed by atoms with Gasteiger partial charge in [-0.1, -0.05) is 29.8 Å². The van der Waals surface area contributed by atoms with Gasteiger partial charge in [0.15, 0.2) is 0 Å². The lowest BCUT2D eigenvalue weighted by Gasteiger charge is -2.32. The molecule has 0 bridgehead atoms. The summed E-state index contributed by atoms with van der Waals surface area (Å²) in [5.74, 6) is 0.518. The first kappa shape index (κ1) is 19.2. The number of benzene rings is 1. The summed E-state index contributed by atoms with van der Waals surface area (Å²) in [7, 11) is 0. The van der Waals surface area contributed by atoms with Crippen molar-refractivity contribution in [1.82, 2.24) is 20.0 Å². The van der Waals surface area contributed by atoms with Crippen molar-refractivity contribution < 1.29 is 4.79 Å². The smallest absolute Gasteiger partial charge is 0.261 e. The summed E-state index contributed by atoms with van der Waals surface area (Å²) < 4.78 is 1.83. The lowest BCUT2D eigenvalue weighted by Crippen LogP contribution is -2.40. The highest BCUT2D eigenvalue weighted by molar-refractivity contribution is 7.12. The van der Waals surface area contributed by atoms with Crippen molar-refractivity contribution in [2.75, 3.05) is 19.6 Å². The summed E-state index contributed by atoms with van der Waals surface area (Å²) in [6, 6.07) is 11.5. The third-order valence-corrected chi connectivity index (χ3v) is 6.23. The lowest BCUT2D eigenvalue weighted by molar-refractivity contribution is 0.0934. The molecule has 1 aliphatic heterocycles. The van der Waals surface area contributed by atoms with Gasteiger partial charge in [-0.2, -0.15) is 5.10 Å². The molecule has 146 valence electrons. The molecule has 1 fully saturated rings. The molecule has 0 unspecified atom stereocenters. The number of piperidine rings is 1. The summed E-state index contributed by atoms with van der Waals surface area (Å²) in [5.41, 5.74) is 2.06. The molecule has 1 atom stereocenters. The van der Waals surface area contributed by atoms with Gasteiger partial charge in [0.2, 0.25) is 0 Å². The second kappa shape index (κ2) is 8.90. The zero-order valence-corrected chi connectivity index (χ0v) is 17.1. The second-order valence-electron chi connectivity index (χ2n) is 7.18. The highest BCUT2D eigenvalue weighted by atomic mass is 35.5. The summed E-state index contributed by atoms with van der Waals surface area (Å²) in [5, 5.41) is 10.2. The van der Waals surface area contributed by atoms with Crippen LogP contribution in [0.15, 0.2) is 54.2 Å². The standard InChI is InChI=1S/C21H23ClN4OS/c22-18-6-1-2-7-19(18)26-15-17(12-24-26)14-25-9-3-5-16(13-25)11-23-21(27)20-8-4-10-28-20/h1-2,4,6-8,10,12,15-16H,3,5,9,11,13-14H2,(H,23,27)/t16-/m0/s1. The van der Waals surface area contributed by atoms with E-state index >= 15 is 0 Å². The Kier molecular flexibility index (Phi) is 6.10. The molecule has 1 saturated heterocycles. The van der Waals surface area contributed by atoms with Crippen molar-refractivity contribution in [3.05, 3.63) is 69.6 Å². The first-order valence-corrected chi connectivity index (χ1v) is 10.8. The van der Waals surface area contributed by atoms with Gasteiger partial charge in [-0.15, -0.1) is 11.3 Å². The molecule has 1 aliphatic rings. The van der Waals surface area contributed by atoms with Gasteiger partial charge in [-0.25, -0.2) is 4.68 Å². The van der Waals surface area contributed by atoms with Gasteiger partial charge in [-0.3, -0.25) is 9.69 Å². The van der Waals surface area contributed by atoms with Gasteiger partial charge < -0.3 is 5.32 Å². The highest BCUT2D eigenvalue weighted by Gasteiger charge is 2.21. The fourth-order valence-electron chi connectivity index (χ4n) is 3.66. The van der Waals surface area contributed by atoms with Crippen LogP contribution in [-0.2, 0) is 6.54 Å². The Morgan fingerprint density at radius 3 is 3.00 bits per heavy atom. The van der Waals surface area contributed by atoms with Crippen molar-refractivity contribution in [2.24, 2.45) is 5.92 Å². The Balaban J connectivity index is 1.32. The summed E-state index contributed by atoms with van der Waals surface area (Å²) >= 11 is 7.75. The monoisotopic (exact) mass is 414 g/mol. The van der Waals surface area contributed by atoms with Crippen LogP contribution in [-0.4, -0.2) is 40.2 Å². The summed E-state index contributed by atoms with van der Waals surface area (Å²) in [6.45, 7) is 3.65. The number of carbonyl (C=O) groups excluding carboxylic acids is 1. The van der Waals surface area contributed by atoms with Gasteiger partial charge in [-0.05, 0) is 48.9 Å². The van der Waals surface area contributed by atoms with Gasteiger partial charge in [0.25, 0.3) is 5.91 Å². The molecule has 5 nitrogen and oxygen atoms in total. The maximum Gasteiger partial charge on any atom is 0.261 e. The molecular formula is C21H23ClN4OS. The van der Waals surface area contributed by atoms with E-state index < -0.39 is 0 Å². The number of nitrogens with one attached hydrogen (secondary N) is 1. The molecule has 3 aromatic rings. The fourth-order valence-corrected chi connectivity index (χ4v) is 4.53. The predicted octanol–water partition coefficient (Wildman–Crippen LogP) is 4.23. The van der Waals surface area contributed by atoms with Crippen LogP contribution >= 0.6 is 22.9 Å². The maximum absolute atomic E-state index is 12.1. The van der Waals surface area contributed by atoms with E-state index in [1.807, 2.05) is 58.9 Å². The molecule has 0 aliphatic carbocycles. The molecule has 0 radical (unpaired) electrons. The Hall–Kier alpha value is -2.15. The number of hydrogen-bond donors (Lipinski definition) is 1. The Morgan fingerprint density at radius 1 is 1.29 bits per heavy atom. The number of hydrogen-bond acceptors (Lipinski definition) is 4. The van der Waals surface area contributed by atoms with E-state index in [9.17, 15) is 4.79 Å². The van der Waals surface area contributed by atoms with Crippen molar-refractivity contribution in [2.45, 2.75) is 19.4 Å². The van der Waals surface area contributed by atoms with Gasteiger partial charge in [0, 0.05) is 31.4 Å². The van der Waals surface area contributed by atoms with Crippen LogP contribution in [0.3, 0.4) is 0 Å². The Bertz CT molecular complexity index is 924. The average Bonchev–Trinajstić information content (AvgIpc) is 3.39. The minimum absolute atomic E-state index is 0.0353. The fraction of sp³-hybridized carbons (Fsp3) is 0.333. The quantitative estimate of drug-likeness (QED) is 0.656. The van der Waals surface area contributed by atoms with Gasteiger partial charge in [0.05, 0.1) is 21.8 Å². The molecule has 0 saturated carbocycles. The number of aromatic nitrogens is 2. The number of nitrogens with zero attached hydrogens (tertiary/aromatic N) is 3. The molecule has 4 rings (SSSR count). The zero-order valence-electron chi connectivity index (χ0n) is 15.6. The largest absolute Gasteiger partial charge is 0.351 e. The van der Waals surface area contributed by atoms with E-state index in [1.54, 1.807) is 0 Å². The second-order valence-corrected chi connectivity index (χ2v) is 8.53. The molecule has 3 heterocycles. The third kappa shape index (κ3) is 4.63. The minimum Gasteiger partial charge on any atom is -0.351 e. The Morgan fingerprint density at radius 2 is 2.18 bits per heavy atom. The molecule has 0 spiro atoms. The normalized spacial score (nSPS) is 17.5. The highest BCUT2D eigenvalue weighted by Crippen LogP contribution is 2.21. The third-order valence-electron chi connectivity index (χ3n) is 5.04. The van der Waals surface area contributed by atoms with Crippen LogP contribution in [0.25, 0.3) is 5.69 Å². The molecular weight excluding hydrogens is 392 g/mol. The van der Waals surface area contributed by atoms with Crippen molar-refractivity contribution >= 4 is 28.8 Å². The molecule has 28 heavy (non-hydrogen) atoms. The SMILES string of the molecule is O=C(NC[C@@H]1CCCN(Cc2cnn(-c3ccccc3Cl)c2)C1)c1cccs1. The van der Waals surface area contributed by atoms with E-state index in [2.05, 4.69) is 15.3 Å². The summed E-state index contributed by atoms with van der Waals surface area (Å²) in [6.07, 6.45) is 6.26. The van der Waals surface area contributed by atoms with Crippen molar-refractivity contribution in [3.8, 4) is 5.69 Å². The topological polar surface area (TPSA) is 50.2 Å². The van der Waals surface area contributed by atoms with Crippen LogP contribution in [0.2, 0.25) is 5.02 Å². The number of para-hydroxylation sites is 1. The minimum atomic E-state index is 0.0353. The maximum atomic E-state index is 12.1. The molecule has 7 heteroatoms. The predicted molar refractivity (Wildman–Crippen MR) is 113 cm³/mol. The van der Waals surface area contributed by atoms with E-state index in [4.69, 9.17) is 11.6 Å².